The van der Waals surface area contributed by atoms with Gasteiger partial charge in [0.25, 0.3) is 0 Å². The summed E-state index contributed by atoms with van der Waals surface area (Å²) in [5.41, 5.74) is 13.5. The first kappa shape index (κ1) is 11.4. The second kappa shape index (κ2) is 7.54. The zero-order chi connectivity index (χ0) is 8.57. The molecule has 10 heavy (non-hydrogen) atoms. The van der Waals surface area contributed by atoms with Crippen molar-refractivity contribution in [3.63, 3.8) is 0 Å². The van der Waals surface area contributed by atoms with Gasteiger partial charge in [-0.25, -0.2) is 4.79 Å². The van der Waals surface area contributed by atoms with Crippen LogP contribution < -0.4 is 17.2 Å². The zero-order valence-corrected chi connectivity index (χ0v) is 5.76. The number of nitrogens with one attached hydrogen (secondary N) is 1. The third-order valence-electron chi connectivity index (χ3n) is 0.287. The number of guanidine groups is 1. The largest absolute Gasteiger partial charge is 0.450 e. The van der Waals surface area contributed by atoms with Crippen LogP contribution in [-0.2, 0) is 4.74 Å². The standard InChI is InChI=1S/C3H7NO2.CH5N3/c1-2-6-3(4)5;2-1(3)4/h2H2,1H3,(H2,4,5);(H5,2,3,4). The molecule has 0 heterocycles. The van der Waals surface area contributed by atoms with Crippen LogP contribution in [0, 0.1) is 5.41 Å². The first-order chi connectivity index (χ1) is 4.50. The van der Waals surface area contributed by atoms with Crippen LogP contribution in [0.4, 0.5) is 4.79 Å². The molecule has 0 spiro atoms. The Morgan fingerprint density at radius 3 is 1.80 bits per heavy atom. The van der Waals surface area contributed by atoms with Gasteiger partial charge in [0.1, 0.15) is 0 Å². The smallest absolute Gasteiger partial charge is 0.404 e. The highest BCUT2D eigenvalue weighted by Crippen LogP contribution is 1.66. The normalized spacial score (nSPS) is 6.90. The van der Waals surface area contributed by atoms with E-state index >= 15 is 0 Å². The van der Waals surface area contributed by atoms with Crippen molar-refractivity contribution in [3.05, 3.63) is 0 Å². The van der Waals surface area contributed by atoms with Crippen LogP contribution in [-0.4, -0.2) is 18.7 Å². The van der Waals surface area contributed by atoms with E-state index in [-0.39, 0.29) is 5.96 Å². The van der Waals surface area contributed by atoms with E-state index in [2.05, 4.69) is 21.9 Å². The molecule has 0 unspecified atom stereocenters. The number of carbonyl (C=O) groups is 1. The highest BCUT2D eigenvalue weighted by Gasteiger charge is 1.82. The van der Waals surface area contributed by atoms with E-state index in [0.29, 0.717) is 6.61 Å². The van der Waals surface area contributed by atoms with Crippen molar-refractivity contribution in [2.45, 2.75) is 6.92 Å². The first-order valence-corrected chi connectivity index (χ1v) is 2.52. The molecular weight excluding hydrogens is 136 g/mol. The lowest BCUT2D eigenvalue weighted by atomic mass is 10.9. The van der Waals surface area contributed by atoms with Crippen molar-refractivity contribution in [3.8, 4) is 0 Å². The monoisotopic (exact) mass is 148 g/mol. The fraction of sp³-hybridized carbons (Fsp3) is 0.500. The average Bonchev–Trinajstić information content (AvgIpc) is 1.62. The molecule has 0 saturated carbocycles. The van der Waals surface area contributed by atoms with Crippen molar-refractivity contribution in [1.82, 2.24) is 0 Å². The van der Waals surface area contributed by atoms with E-state index < -0.39 is 6.09 Å². The number of rotatable bonds is 1. The molecule has 0 atom stereocenters. The number of amides is 1. The van der Waals surface area contributed by atoms with Crippen molar-refractivity contribution < 1.29 is 9.53 Å². The Morgan fingerprint density at radius 2 is 1.80 bits per heavy atom. The van der Waals surface area contributed by atoms with Gasteiger partial charge in [-0.2, -0.15) is 0 Å². The fourth-order valence-electron chi connectivity index (χ4n) is 0.142. The Labute approximate surface area is 58.8 Å². The van der Waals surface area contributed by atoms with Crippen LogP contribution >= 0.6 is 0 Å². The Morgan fingerprint density at radius 1 is 1.50 bits per heavy atom. The third kappa shape index (κ3) is 84.6. The minimum absolute atomic E-state index is 0.333. The molecule has 60 valence electrons. The highest BCUT2D eigenvalue weighted by molar-refractivity contribution is 5.71. The van der Waals surface area contributed by atoms with Gasteiger partial charge >= 0.3 is 6.09 Å². The topological polar surface area (TPSA) is 128 Å². The number of ether oxygens (including phenoxy) is 1. The van der Waals surface area contributed by atoms with Gasteiger partial charge < -0.3 is 21.9 Å². The number of hydrogen-bond acceptors (Lipinski definition) is 3. The molecule has 6 heteroatoms. The summed E-state index contributed by atoms with van der Waals surface area (Å²) >= 11 is 0. The SMILES string of the molecule is CCOC(N)=O.N=C(N)N. The first-order valence-electron chi connectivity index (χ1n) is 2.52. The molecule has 0 aromatic rings. The van der Waals surface area contributed by atoms with Crippen LogP contribution in [0.25, 0.3) is 0 Å². The number of carbonyl (C=O) groups excluding carboxylic acids is 1. The van der Waals surface area contributed by atoms with E-state index in [1.54, 1.807) is 6.92 Å². The molecule has 0 aliphatic rings. The molecule has 0 rings (SSSR count). The minimum atomic E-state index is -0.711. The van der Waals surface area contributed by atoms with E-state index in [0.717, 1.165) is 0 Å². The molecule has 0 aromatic carbocycles. The quantitative estimate of drug-likeness (QED) is 0.279. The van der Waals surface area contributed by atoms with Crippen LogP contribution in [0.3, 0.4) is 0 Å². The predicted octanol–water partition coefficient (Wildman–Crippen LogP) is -1.06. The summed E-state index contributed by atoms with van der Waals surface area (Å²) in [5, 5.41) is 6.06. The molecule has 6 nitrogen and oxygen atoms in total. The lowest BCUT2D eigenvalue weighted by molar-refractivity contribution is 0.163. The van der Waals surface area contributed by atoms with Crippen molar-refractivity contribution in [2.24, 2.45) is 17.2 Å². The molecule has 0 aromatic heterocycles. The maximum absolute atomic E-state index is 9.60. The number of hydrogen-bond donors (Lipinski definition) is 4. The van der Waals surface area contributed by atoms with Crippen molar-refractivity contribution in [1.29, 1.82) is 5.41 Å². The molecule has 7 N–H and O–H groups in total. The van der Waals surface area contributed by atoms with Crippen LogP contribution in [0.2, 0.25) is 0 Å². The Bertz CT molecular complexity index is 110. The average molecular weight is 148 g/mol. The fourth-order valence-corrected chi connectivity index (χ4v) is 0.142. The molecule has 1 amide bonds. The van der Waals surface area contributed by atoms with Gasteiger partial charge in [-0.15, -0.1) is 0 Å². The zero-order valence-electron chi connectivity index (χ0n) is 5.76. The van der Waals surface area contributed by atoms with Crippen molar-refractivity contribution >= 4 is 12.1 Å². The summed E-state index contributed by atoms with van der Waals surface area (Å²) in [6, 6.07) is 0. The Kier molecular flexibility index (Phi) is 8.56. The van der Waals surface area contributed by atoms with E-state index in [4.69, 9.17) is 5.41 Å². The summed E-state index contributed by atoms with van der Waals surface area (Å²) in [6.45, 7) is 2.06. The van der Waals surface area contributed by atoms with Crippen LogP contribution in [0.5, 0.6) is 0 Å². The molecule has 0 radical (unpaired) electrons. The predicted molar refractivity (Wildman–Crippen MR) is 37.3 cm³/mol. The summed E-state index contributed by atoms with van der Waals surface area (Å²) < 4.78 is 4.18. The molecule has 0 aliphatic heterocycles. The van der Waals surface area contributed by atoms with Gasteiger partial charge in [-0.3, -0.25) is 5.41 Å². The van der Waals surface area contributed by atoms with Crippen LogP contribution in [0.15, 0.2) is 0 Å². The second-order valence-electron chi connectivity index (χ2n) is 1.21. The lowest BCUT2D eigenvalue weighted by Gasteiger charge is -1.89. The number of nitrogens with two attached hydrogens (primary N) is 3. The molecular formula is C4H12N4O2. The summed E-state index contributed by atoms with van der Waals surface area (Å²) in [7, 11) is 0. The van der Waals surface area contributed by atoms with Gasteiger partial charge in [-0.05, 0) is 6.92 Å². The van der Waals surface area contributed by atoms with Crippen LogP contribution in [0.1, 0.15) is 6.92 Å². The Hall–Kier alpha value is -1.46. The second-order valence-corrected chi connectivity index (χ2v) is 1.21. The van der Waals surface area contributed by atoms with Gasteiger partial charge in [0.05, 0.1) is 6.61 Å². The van der Waals surface area contributed by atoms with Crippen molar-refractivity contribution in [2.75, 3.05) is 6.61 Å². The molecule has 0 aliphatic carbocycles. The van der Waals surface area contributed by atoms with E-state index in [9.17, 15) is 4.79 Å². The third-order valence-corrected chi connectivity index (χ3v) is 0.287. The molecule has 0 bridgehead atoms. The minimum Gasteiger partial charge on any atom is -0.450 e. The molecule has 0 fully saturated rings. The summed E-state index contributed by atoms with van der Waals surface area (Å²) in [6.07, 6.45) is -0.711. The van der Waals surface area contributed by atoms with Gasteiger partial charge in [-0.1, -0.05) is 0 Å². The maximum Gasteiger partial charge on any atom is 0.404 e. The number of primary amides is 1. The lowest BCUT2D eigenvalue weighted by Crippen LogP contribution is -2.20. The van der Waals surface area contributed by atoms with E-state index in [1.165, 1.54) is 0 Å². The summed E-state index contributed by atoms with van der Waals surface area (Å²) in [4.78, 5) is 9.60. The Balaban J connectivity index is 0. The van der Waals surface area contributed by atoms with Gasteiger partial charge in [0, 0.05) is 0 Å². The summed E-state index contributed by atoms with van der Waals surface area (Å²) in [5.74, 6) is -0.333. The van der Waals surface area contributed by atoms with Gasteiger partial charge in [0.15, 0.2) is 5.96 Å². The molecule has 0 saturated heterocycles. The highest BCUT2D eigenvalue weighted by atomic mass is 16.5. The maximum atomic E-state index is 9.60. The van der Waals surface area contributed by atoms with E-state index in [1.807, 2.05) is 0 Å². The van der Waals surface area contributed by atoms with Gasteiger partial charge in [0.2, 0.25) is 0 Å².